The fraction of sp³-hybridized carbons (Fsp3) is 0.294. The van der Waals surface area contributed by atoms with Crippen molar-refractivity contribution in [1.29, 1.82) is 0 Å². The van der Waals surface area contributed by atoms with Crippen LogP contribution in [-0.4, -0.2) is 44.0 Å². The Kier molecular flexibility index (Phi) is 6.65. The van der Waals surface area contributed by atoms with Gasteiger partial charge in [-0.15, -0.1) is 0 Å². The minimum absolute atomic E-state index is 0.0568. The maximum absolute atomic E-state index is 15.0. The van der Waals surface area contributed by atoms with Gasteiger partial charge in [0.05, 0.1) is 28.9 Å². The molecule has 4 amide bonds. The van der Waals surface area contributed by atoms with Crippen LogP contribution in [0.5, 0.6) is 5.75 Å². The molecule has 45 heavy (non-hydrogen) atoms. The molecule has 2 saturated heterocycles. The Bertz CT molecular complexity index is 1800. The van der Waals surface area contributed by atoms with Crippen molar-refractivity contribution in [3.63, 3.8) is 0 Å². The first-order valence-corrected chi connectivity index (χ1v) is 15.1. The van der Waals surface area contributed by atoms with Gasteiger partial charge in [0.15, 0.2) is 0 Å². The molecule has 9 nitrogen and oxygen atoms in total. The lowest BCUT2D eigenvalue weighted by molar-refractivity contribution is -0.173. The molecule has 0 unspecified atom stereocenters. The second kappa shape index (κ2) is 10.3. The standard InChI is InChI=1S/C34H29ClFN3O6/c1-16-13-18(14-17(2)29(16)40)28-23-11-12-24-27(32(43)39(45)30(24)41)25(23)15-26-31(42)38(37-22-9-7-21(36)8-10-22)33(44)34(26,28)19-3-5-20(35)6-4-19/h3-11,13-14,24-28,37,40,45H,12,15H2,1-2H3/t24-,25+,26-,27-,28-,34+/m0/s1. The van der Waals surface area contributed by atoms with Crippen LogP contribution in [0.15, 0.2) is 72.3 Å². The lowest BCUT2D eigenvalue weighted by Crippen LogP contribution is -2.53. The van der Waals surface area contributed by atoms with Gasteiger partial charge in [-0.05, 0) is 91.3 Å². The van der Waals surface area contributed by atoms with Gasteiger partial charge < -0.3 is 5.11 Å². The Balaban J connectivity index is 1.49. The third-order valence-corrected chi connectivity index (χ3v) is 10.3. The SMILES string of the molecule is Cc1cc([C@H]2C3=CC[C@@H]4C(=O)N(O)C(=O)[C@@H]4[C@@H]3C[C@H]3C(=O)N(Nc4ccc(F)cc4)C(=O)[C@@]23c2ccc(Cl)cc2)cc(C)c1O. The molecule has 0 aromatic heterocycles. The van der Waals surface area contributed by atoms with Gasteiger partial charge in [0.2, 0.25) is 0 Å². The predicted molar refractivity (Wildman–Crippen MR) is 160 cm³/mol. The number of fused-ring (bicyclic) bond motifs is 4. The maximum atomic E-state index is 15.0. The summed E-state index contributed by atoms with van der Waals surface area (Å²) in [5.41, 5.74) is 4.73. The first kappa shape index (κ1) is 29.2. The number of benzene rings is 3. The monoisotopic (exact) mass is 629 g/mol. The van der Waals surface area contributed by atoms with Crippen LogP contribution in [0.2, 0.25) is 5.02 Å². The van der Waals surface area contributed by atoms with E-state index in [0.29, 0.717) is 38.5 Å². The molecule has 6 atom stereocenters. The zero-order chi connectivity index (χ0) is 31.9. The molecule has 0 spiro atoms. The van der Waals surface area contributed by atoms with Crippen LogP contribution in [0.4, 0.5) is 10.1 Å². The van der Waals surface area contributed by atoms with Crippen molar-refractivity contribution >= 4 is 40.9 Å². The summed E-state index contributed by atoms with van der Waals surface area (Å²) in [5, 5.41) is 22.6. The van der Waals surface area contributed by atoms with Crippen LogP contribution in [0.25, 0.3) is 0 Å². The fourth-order valence-corrected chi connectivity index (χ4v) is 8.30. The lowest BCUT2D eigenvalue weighted by atomic mass is 9.49. The van der Waals surface area contributed by atoms with E-state index in [1.54, 1.807) is 50.2 Å². The number of nitrogens with one attached hydrogen (secondary N) is 1. The van der Waals surface area contributed by atoms with E-state index in [4.69, 9.17) is 11.6 Å². The number of carbonyl (C=O) groups excluding carboxylic acids is 4. The number of hydrogen-bond acceptors (Lipinski definition) is 7. The van der Waals surface area contributed by atoms with Gasteiger partial charge in [0.1, 0.15) is 11.6 Å². The molecule has 230 valence electrons. The van der Waals surface area contributed by atoms with E-state index in [1.165, 1.54) is 24.3 Å². The Morgan fingerprint density at radius 3 is 2.20 bits per heavy atom. The van der Waals surface area contributed by atoms with Crippen molar-refractivity contribution in [3.05, 3.63) is 105 Å². The number of phenols is 1. The number of allylic oxidation sites excluding steroid dienone is 2. The van der Waals surface area contributed by atoms with Crippen molar-refractivity contribution in [2.24, 2.45) is 23.7 Å². The molecule has 2 aliphatic carbocycles. The Labute approximate surface area is 262 Å². The van der Waals surface area contributed by atoms with Crippen molar-refractivity contribution in [3.8, 4) is 5.75 Å². The highest BCUT2D eigenvalue weighted by Crippen LogP contribution is 2.64. The minimum atomic E-state index is -1.52. The number of hydrogen-bond donors (Lipinski definition) is 3. The molecule has 1 saturated carbocycles. The number of nitrogens with zero attached hydrogens (tertiary/aromatic N) is 2. The zero-order valence-electron chi connectivity index (χ0n) is 24.3. The van der Waals surface area contributed by atoms with Crippen molar-refractivity contribution in [2.75, 3.05) is 5.43 Å². The first-order chi connectivity index (χ1) is 21.4. The van der Waals surface area contributed by atoms with E-state index in [-0.39, 0.29) is 23.7 Å². The molecular weight excluding hydrogens is 601 g/mol. The Morgan fingerprint density at radius 1 is 0.911 bits per heavy atom. The van der Waals surface area contributed by atoms with Crippen LogP contribution in [0.1, 0.15) is 41.0 Å². The van der Waals surface area contributed by atoms with Crippen LogP contribution in [0.3, 0.4) is 0 Å². The second-order valence-corrected chi connectivity index (χ2v) is 12.8. The summed E-state index contributed by atoms with van der Waals surface area (Å²) in [5.74, 6) is -7.02. The van der Waals surface area contributed by atoms with Gasteiger partial charge in [0, 0.05) is 10.9 Å². The number of imide groups is 2. The van der Waals surface area contributed by atoms with Gasteiger partial charge in [-0.3, -0.25) is 29.8 Å². The number of hydroxylamine groups is 2. The highest BCUT2D eigenvalue weighted by atomic mass is 35.5. The molecule has 7 rings (SSSR count). The molecule has 3 aromatic rings. The number of hydrazine groups is 1. The molecule has 0 bridgehead atoms. The zero-order valence-corrected chi connectivity index (χ0v) is 25.1. The number of aryl methyl sites for hydroxylation is 2. The summed E-state index contributed by atoms with van der Waals surface area (Å²) in [6, 6.07) is 15.6. The fourth-order valence-electron chi connectivity index (χ4n) is 8.17. The van der Waals surface area contributed by atoms with Crippen LogP contribution in [-0.2, 0) is 24.6 Å². The molecule has 3 N–H and O–H groups in total. The van der Waals surface area contributed by atoms with Crippen LogP contribution < -0.4 is 5.43 Å². The second-order valence-electron chi connectivity index (χ2n) is 12.4. The van der Waals surface area contributed by atoms with E-state index in [2.05, 4.69) is 5.43 Å². The number of aromatic hydroxyl groups is 1. The topological polar surface area (TPSA) is 127 Å². The van der Waals surface area contributed by atoms with Gasteiger partial charge in [-0.25, -0.2) is 4.39 Å². The van der Waals surface area contributed by atoms with E-state index >= 15 is 4.79 Å². The molecular formula is C34H29ClFN3O6. The first-order valence-electron chi connectivity index (χ1n) is 14.7. The molecule has 0 radical (unpaired) electrons. The van der Waals surface area contributed by atoms with E-state index < -0.39 is 64.5 Å². The lowest BCUT2D eigenvalue weighted by Gasteiger charge is -2.50. The normalized spacial score (nSPS) is 29.0. The summed E-state index contributed by atoms with van der Waals surface area (Å²) in [6.07, 6.45) is 2.10. The third-order valence-electron chi connectivity index (χ3n) is 10.1. The molecule has 11 heteroatoms. The molecule has 2 heterocycles. The summed E-state index contributed by atoms with van der Waals surface area (Å²) in [6.45, 7) is 3.49. The molecule has 2 aliphatic heterocycles. The quantitative estimate of drug-likeness (QED) is 0.206. The summed E-state index contributed by atoms with van der Waals surface area (Å²) in [4.78, 5) is 55.7. The van der Waals surface area contributed by atoms with E-state index in [0.717, 1.165) is 5.01 Å². The molecule has 4 aliphatic rings. The van der Waals surface area contributed by atoms with E-state index in [9.17, 15) is 29.1 Å². The largest absolute Gasteiger partial charge is 0.507 e. The van der Waals surface area contributed by atoms with Gasteiger partial charge in [-0.2, -0.15) is 10.1 Å². The highest BCUT2D eigenvalue weighted by molar-refractivity contribution is 6.30. The predicted octanol–water partition coefficient (Wildman–Crippen LogP) is 5.18. The molecule has 3 aromatic carbocycles. The number of amides is 4. The average molecular weight is 630 g/mol. The van der Waals surface area contributed by atoms with Crippen LogP contribution >= 0.6 is 11.6 Å². The van der Waals surface area contributed by atoms with Gasteiger partial charge in [0.25, 0.3) is 23.6 Å². The van der Waals surface area contributed by atoms with Gasteiger partial charge in [-0.1, -0.05) is 47.5 Å². The highest BCUT2D eigenvalue weighted by Gasteiger charge is 2.70. The van der Waals surface area contributed by atoms with E-state index in [1.807, 2.05) is 6.08 Å². The van der Waals surface area contributed by atoms with Crippen molar-refractivity contribution < 1.29 is 33.9 Å². The number of anilines is 1. The minimum Gasteiger partial charge on any atom is -0.507 e. The number of carbonyl (C=O) groups is 4. The maximum Gasteiger partial charge on any atom is 0.260 e. The number of halogens is 2. The van der Waals surface area contributed by atoms with Crippen molar-refractivity contribution in [2.45, 2.75) is 38.0 Å². The Morgan fingerprint density at radius 2 is 1.56 bits per heavy atom. The number of rotatable bonds is 4. The van der Waals surface area contributed by atoms with Crippen LogP contribution in [0, 0.1) is 43.3 Å². The average Bonchev–Trinajstić information content (AvgIpc) is 3.37. The van der Waals surface area contributed by atoms with Gasteiger partial charge >= 0.3 is 0 Å². The third kappa shape index (κ3) is 4.08. The Hall–Kier alpha value is -4.54. The number of phenolic OH excluding ortho intramolecular Hbond substituents is 1. The molecule has 3 fully saturated rings. The summed E-state index contributed by atoms with van der Waals surface area (Å²) >= 11 is 6.29. The summed E-state index contributed by atoms with van der Waals surface area (Å²) < 4.78 is 13.7. The smallest absolute Gasteiger partial charge is 0.260 e. The summed E-state index contributed by atoms with van der Waals surface area (Å²) in [7, 11) is 0. The van der Waals surface area contributed by atoms with Crippen molar-refractivity contribution in [1.82, 2.24) is 10.1 Å².